The number of guanidine groups is 1. The molecule has 4 unspecified atom stereocenters. The van der Waals surface area contributed by atoms with Crippen molar-refractivity contribution in [3.05, 3.63) is 18.2 Å². The second kappa shape index (κ2) is 16.6. The van der Waals surface area contributed by atoms with E-state index >= 15 is 0 Å². The number of carboxylic acid groups (broad SMARTS) is 1. The van der Waals surface area contributed by atoms with E-state index in [-0.39, 0.29) is 50.5 Å². The van der Waals surface area contributed by atoms with Crippen LogP contribution in [0.3, 0.4) is 0 Å². The molecule has 4 atom stereocenters. The maximum absolute atomic E-state index is 13.2. The second-order valence-corrected chi connectivity index (χ2v) is 9.49. The van der Waals surface area contributed by atoms with Gasteiger partial charge in [0.2, 0.25) is 23.6 Å². The summed E-state index contributed by atoms with van der Waals surface area (Å²) >= 11 is 0. The number of rotatable bonds is 18. The number of aliphatic imine (C=N–C) groups is 1. The van der Waals surface area contributed by atoms with Gasteiger partial charge >= 0.3 is 5.97 Å². The van der Waals surface area contributed by atoms with Gasteiger partial charge in [0.15, 0.2) is 5.96 Å². The first kappa shape index (κ1) is 32.8. The van der Waals surface area contributed by atoms with Crippen LogP contribution in [0.2, 0.25) is 0 Å². The van der Waals surface area contributed by atoms with Crippen molar-refractivity contribution >= 4 is 35.6 Å². The fourth-order valence-corrected chi connectivity index (χ4v) is 3.58. The molecular formula is C23H40N10O6. The first-order chi connectivity index (χ1) is 18.3. The summed E-state index contributed by atoms with van der Waals surface area (Å²) in [6.45, 7) is 3.93. The lowest BCUT2D eigenvalue weighted by atomic mass is 10.0. The fraction of sp³-hybridized carbons (Fsp3) is 0.609. The molecular weight excluding hydrogens is 512 g/mol. The zero-order valence-electron chi connectivity index (χ0n) is 22.2. The van der Waals surface area contributed by atoms with Gasteiger partial charge in [-0.25, -0.2) is 9.78 Å². The number of H-pyrrole nitrogens is 1. The van der Waals surface area contributed by atoms with Crippen molar-refractivity contribution in [1.29, 1.82) is 0 Å². The van der Waals surface area contributed by atoms with E-state index in [0.717, 1.165) is 0 Å². The summed E-state index contributed by atoms with van der Waals surface area (Å²) in [7, 11) is 0. The molecule has 0 saturated carbocycles. The Hall–Kier alpha value is -4.21. The minimum atomic E-state index is -1.29. The third-order valence-electron chi connectivity index (χ3n) is 5.55. The van der Waals surface area contributed by atoms with Gasteiger partial charge in [0, 0.05) is 31.3 Å². The Kier molecular flexibility index (Phi) is 14.0. The van der Waals surface area contributed by atoms with Crippen LogP contribution in [0.5, 0.6) is 0 Å². The van der Waals surface area contributed by atoms with E-state index < -0.39 is 53.8 Å². The Morgan fingerprint density at radius 1 is 0.974 bits per heavy atom. The zero-order valence-corrected chi connectivity index (χ0v) is 22.2. The predicted molar refractivity (Wildman–Crippen MR) is 141 cm³/mol. The molecule has 13 N–H and O–H groups in total. The number of hydrogen-bond acceptors (Lipinski definition) is 8. The molecule has 0 spiro atoms. The van der Waals surface area contributed by atoms with E-state index in [9.17, 15) is 29.1 Å². The van der Waals surface area contributed by atoms with E-state index in [2.05, 4.69) is 30.9 Å². The molecule has 218 valence electrons. The average molecular weight is 553 g/mol. The number of amides is 4. The number of imidazole rings is 1. The molecule has 4 amide bonds. The second-order valence-electron chi connectivity index (χ2n) is 9.49. The first-order valence-electron chi connectivity index (χ1n) is 12.5. The Bertz CT molecular complexity index is 994. The topological polar surface area (TPSA) is 287 Å². The normalized spacial score (nSPS) is 13.9. The highest BCUT2D eigenvalue weighted by Gasteiger charge is 2.31. The molecule has 0 aliphatic rings. The summed E-state index contributed by atoms with van der Waals surface area (Å²) in [5.74, 6) is -4.17. The Morgan fingerprint density at radius 2 is 1.59 bits per heavy atom. The zero-order chi connectivity index (χ0) is 29.5. The molecule has 1 aromatic heterocycles. The van der Waals surface area contributed by atoms with Crippen LogP contribution in [-0.4, -0.2) is 81.3 Å². The molecule has 0 aliphatic carbocycles. The lowest BCUT2D eigenvalue weighted by Gasteiger charge is -2.25. The van der Waals surface area contributed by atoms with Crippen LogP contribution in [0, 0.1) is 5.92 Å². The number of hydrogen-bond donors (Lipinski definition) is 9. The van der Waals surface area contributed by atoms with Gasteiger partial charge in [-0.1, -0.05) is 13.8 Å². The molecule has 1 rings (SSSR count). The van der Waals surface area contributed by atoms with Crippen LogP contribution in [0.1, 0.15) is 51.6 Å². The standard InChI is InChI=1S/C23H40N10O6/c1-12(2)8-14(24)19(35)31-15(5-6-18(25)34)20(36)33-17(9-13-10-28-11-30-13)21(37)32-16(22(38)39)4-3-7-29-23(26)27/h10-12,14-17H,3-9,24H2,1-2H3,(H2,25,34)(H,28,30)(H,31,35)(H,32,37)(H,33,36)(H,38,39)(H4,26,27,29). The van der Waals surface area contributed by atoms with Crippen LogP contribution in [-0.2, 0) is 30.4 Å². The Balaban J connectivity index is 3.06. The van der Waals surface area contributed by atoms with Gasteiger partial charge in [-0.3, -0.25) is 24.2 Å². The van der Waals surface area contributed by atoms with Crippen LogP contribution in [0.25, 0.3) is 0 Å². The molecule has 16 heteroatoms. The van der Waals surface area contributed by atoms with Crippen LogP contribution in [0.4, 0.5) is 0 Å². The van der Waals surface area contributed by atoms with E-state index in [0.29, 0.717) is 12.1 Å². The fourth-order valence-electron chi connectivity index (χ4n) is 3.58. The number of aromatic amines is 1. The van der Waals surface area contributed by atoms with Gasteiger partial charge in [-0.2, -0.15) is 0 Å². The molecule has 0 saturated heterocycles. The minimum absolute atomic E-state index is 0.0214. The molecule has 0 aromatic carbocycles. The number of nitrogens with two attached hydrogens (primary N) is 4. The van der Waals surface area contributed by atoms with Gasteiger partial charge in [0.25, 0.3) is 0 Å². The third kappa shape index (κ3) is 13.2. The van der Waals surface area contributed by atoms with Gasteiger partial charge in [0.05, 0.1) is 12.4 Å². The number of carbonyl (C=O) groups is 5. The number of carbonyl (C=O) groups excluding carboxylic acids is 4. The highest BCUT2D eigenvalue weighted by atomic mass is 16.4. The monoisotopic (exact) mass is 552 g/mol. The highest BCUT2D eigenvalue weighted by molar-refractivity contribution is 5.94. The summed E-state index contributed by atoms with van der Waals surface area (Å²) in [4.78, 5) is 72.5. The van der Waals surface area contributed by atoms with Crippen molar-refractivity contribution in [1.82, 2.24) is 25.9 Å². The van der Waals surface area contributed by atoms with Crippen molar-refractivity contribution in [3.8, 4) is 0 Å². The number of nitrogens with zero attached hydrogens (tertiary/aromatic N) is 2. The van der Waals surface area contributed by atoms with Gasteiger partial charge in [0.1, 0.15) is 18.1 Å². The van der Waals surface area contributed by atoms with Gasteiger partial charge in [-0.05, 0) is 31.6 Å². The number of nitrogens with one attached hydrogen (secondary N) is 4. The number of carboxylic acids is 1. The Morgan fingerprint density at radius 3 is 2.13 bits per heavy atom. The maximum atomic E-state index is 13.2. The summed E-state index contributed by atoms with van der Waals surface area (Å²) in [5.41, 5.74) is 22.2. The molecule has 0 radical (unpaired) electrons. The minimum Gasteiger partial charge on any atom is -0.480 e. The summed E-state index contributed by atoms with van der Waals surface area (Å²) < 4.78 is 0. The lowest BCUT2D eigenvalue weighted by molar-refractivity contribution is -0.142. The van der Waals surface area contributed by atoms with Crippen molar-refractivity contribution in [3.63, 3.8) is 0 Å². The van der Waals surface area contributed by atoms with Crippen molar-refractivity contribution in [2.45, 2.75) is 76.5 Å². The van der Waals surface area contributed by atoms with E-state index in [1.807, 2.05) is 13.8 Å². The molecule has 0 aliphatic heterocycles. The SMILES string of the molecule is CC(C)CC(N)C(=O)NC(CCC(N)=O)C(=O)NC(Cc1cnc[nH]1)C(=O)NC(CCCN=C(N)N)C(=O)O. The first-order valence-corrected chi connectivity index (χ1v) is 12.5. The quantitative estimate of drug-likeness (QED) is 0.0511. The third-order valence-corrected chi connectivity index (χ3v) is 5.55. The largest absolute Gasteiger partial charge is 0.480 e. The molecule has 0 fully saturated rings. The van der Waals surface area contributed by atoms with Gasteiger partial charge < -0.3 is 49.0 Å². The predicted octanol–water partition coefficient (Wildman–Crippen LogP) is -2.82. The summed E-state index contributed by atoms with van der Waals surface area (Å²) in [6.07, 6.45) is 3.05. The van der Waals surface area contributed by atoms with Crippen LogP contribution in [0.15, 0.2) is 17.5 Å². The summed E-state index contributed by atoms with van der Waals surface area (Å²) in [5, 5.41) is 17.0. The van der Waals surface area contributed by atoms with Crippen molar-refractivity contribution in [2.24, 2.45) is 33.8 Å². The van der Waals surface area contributed by atoms with E-state index in [1.165, 1.54) is 12.5 Å². The van der Waals surface area contributed by atoms with Crippen molar-refractivity contribution < 1.29 is 29.1 Å². The average Bonchev–Trinajstić information content (AvgIpc) is 3.35. The maximum Gasteiger partial charge on any atom is 0.326 e. The molecule has 1 heterocycles. The number of aliphatic carboxylic acids is 1. The molecule has 39 heavy (non-hydrogen) atoms. The van der Waals surface area contributed by atoms with Crippen molar-refractivity contribution in [2.75, 3.05) is 6.54 Å². The molecule has 1 aromatic rings. The smallest absolute Gasteiger partial charge is 0.326 e. The van der Waals surface area contributed by atoms with Crippen LogP contribution >= 0.6 is 0 Å². The number of aromatic nitrogens is 2. The van der Waals surface area contributed by atoms with Crippen LogP contribution < -0.4 is 38.9 Å². The highest BCUT2D eigenvalue weighted by Crippen LogP contribution is 2.07. The summed E-state index contributed by atoms with van der Waals surface area (Å²) in [6, 6.07) is -4.66. The van der Waals surface area contributed by atoms with Gasteiger partial charge in [-0.15, -0.1) is 0 Å². The van der Waals surface area contributed by atoms with E-state index in [4.69, 9.17) is 22.9 Å². The number of primary amides is 1. The molecule has 16 nitrogen and oxygen atoms in total. The lowest BCUT2D eigenvalue weighted by Crippen LogP contribution is -2.57. The van der Waals surface area contributed by atoms with E-state index in [1.54, 1.807) is 0 Å². The molecule has 0 bridgehead atoms. The Labute approximate surface area is 226 Å².